The molecule has 0 aliphatic heterocycles. The summed E-state index contributed by atoms with van der Waals surface area (Å²) >= 11 is 5.99. The highest BCUT2D eigenvalue weighted by atomic mass is 35.5. The lowest BCUT2D eigenvalue weighted by Gasteiger charge is -2.18. The van der Waals surface area contributed by atoms with Gasteiger partial charge in [-0.25, -0.2) is 0 Å². The van der Waals surface area contributed by atoms with Crippen molar-refractivity contribution in [1.82, 2.24) is 0 Å². The maximum absolute atomic E-state index is 6.24. The van der Waals surface area contributed by atoms with Gasteiger partial charge in [0, 0.05) is 10.6 Å². The Balaban J connectivity index is 2.13. The number of ether oxygens (including phenoxy) is 2. The Kier molecular flexibility index (Phi) is 5.10. The smallest absolute Gasteiger partial charge is 0.123 e. The number of benzene rings is 2. The molecule has 0 saturated carbocycles. The van der Waals surface area contributed by atoms with Crippen molar-refractivity contribution in [3.8, 4) is 11.5 Å². The summed E-state index contributed by atoms with van der Waals surface area (Å²) in [6, 6.07) is 11.3. The summed E-state index contributed by atoms with van der Waals surface area (Å²) in [5.74, 6) is 1.53. The van der Waals surface area contributed by atoms with Gasteiger partial charge in [0.25, 0.3) is 0 Å². The minimum atomic E-state index is -0.266. The van der Waals surface area contributed by atoms with Gasteiger partial charge < -0.3 is 15.2 Å². The van der Waals surface area contributed by atoms with Crippen molar-refractivity contribution in [2.24, 2.45) is 5.73 Å². The molecule has 2 rings (SSSR count). The lowest BCUT2D eigenvalue weighted by Crippen LogP contribution is -2.20. The van der Waals surface area contributed by atoms with Gasteiger partial charge in [-0.1, -0.05) is 35.4 Å². The van der Waals surface area contributed by atoms with E-state index in [9.17, 15) is 0 Å². The monoisotopic (exact) mass is 305 g/mol. The van der Waals surface area contributed by atoms with E-state index in [1.807, 2.05) is 44.2 Å². The zero-order valence-electron chi connectivity index (χ0n) is 12.5. The Morgan fingerprint density at radius 3 is 2.57 bits per heavy atom. The summed E-state index contributed by atoms with van der Waals surface area (Å²) in [5.41, 5.74) is 9.35. The molecule has 0 spiro atoms. The molecule has 0 aliphatic rings. The number of hydrogen-bond donors (Lipinski definition) is 1. The van der Waals surface area contributed by atoms with Gasteiger partial charge in [0.2, 0.25) is 0 Å². The lowest BCUT2D eigenvalue weighted by atomic mass is 10.0. The first kappa shape index (κ1) is 15.7. The van der Waals surface area contributed by atoms with Gasteiger partial charge in [0.15, 0.2) is 0 Å². The minimum absolute atomic E-state index is 0.266. The molecule has 0 fully saturated rings. The first-order valence-corrected chi connectivity index (χ1v) is 7.18. The largest absolute Gasteiger partial charge is 0.496 e. The van der Waals surface area contributed by atoms with Crippen LogP contribution in [0.3, 0.4) is 0 Å². The molecule has 112 valence electrons. The zero-order valence-corrected chi connectivity index (χ0v) is 13.3. The van der Waals surface area contributed by atoms with Gasteiger partial charge in [-0.2, -0.15) is 0 Å². The van der Waals surface area contributed by atoms with Crippen molar-refractivity contribution in [1.29, 1.82) is 0 Å². The fourth-order valence-electron chi connectivity index (χ4n) is 2.14. The summed E-state index contributed by atoms with van der Waals surface area (Å²) in [7, 11) is 1.64. The predicted molar refractivity (Wildman–Crippen MR) is 86.3 cm³/mol. The molecule has 2 aromatic rings. The van der Waals surface area contributed by atoms with Gasteiger partial charge in [-0.15, -0.1) is 0 Å². The van der Waals surface area contributed by atoms with E-state index in [1.54, 1.807) is 13.2 Å². The van der Waals surface area contributed by atoms with Crippen molar-refractivity contribution < 1.29 is 9.47 Å². The van der Waals surface area contributed by atoms with Crippen LogP contribution in [0.4, 0.5) is 0 Å². The molecule has 2 N–H and O–H groups in total. The Hall–Kier alpha value is -1.71. The molecule has 0 aliphatic carbocycles. The van der Waals surface area contributed by atoms with Crippen molar-refractivity contribution in [3.05, 3.63) is 58.1 Å². The summed E-state index contributed by atoms with van der Waals surface area (Å²) in [6.07, 6.45) is 0. The van der Waals surface area contributed by atoms with Gasteiger partial charge >= 0.3 is 0 Å². The molecule has 0 bridgehead atoms. The Bertz CT molecular complexity index is 628. The van der Waals surface area contributed by atoms with Crippen LogP contribution in [0.1, 0.15) is 22.7 Å². The zero-order chi connectivity index (χ0) is 15.4. The van der Waals surface area contributed by atoms with Gasteiger partial charge in [0.05, 0.1) is 13.2 Å². The number of methoxy groups -OCH3 is 1. The average molecular weight is 306 g/mol. The lowest BCUT2D eigenvalue weighted by molar-refractivity contribution is 0.285. The quantitative estimate of drug-likeness (QED) is 0.906. The molecular formula is C17H20ClNO2. The van der Waals surface area contributed by atoms with Gasteiger partial charge in [-0.05, 0) is 37.6 Å². The van der Waals surface area contributed by atoms with E-state index in [4.69, 9.17) is 26.8 Å². The van der Waals surface area contributed by atoms with Crippen LogP contribution in [0.2, 0.25) is 5.02 Å². The Morgan fingerprint density at radius 1 is 1.10 bits per heavy atom. The number of halogens is 1. The van der Waals surface area contributed by atoms with Gasteiger partial charge in [0.1, 0.15) is 18.1 Å². The minimum Gasteiger partial charge on any atom is -0.496 e. The molecule has 2 aromatic carbocycles. The number of nitrogens with two attached hydrogens (primary N) is 1. The van der Waals surface area contributed by atoms with Crippen molar-refractivity contribution >= 4 is 11.6 Å². The third-order valence-electron chi connectivity index (χ3n) is 3.35. The standard InChI is InChI=1S/C17H20ClNO2/c1-11-4-7-16(20-3)14(8-11)15(19)10-21-17-9-13(18)6-5-12(17)2/h4-9,15H,10,19H2,1-3H3. The van der Waals surface area contributed by atoms with E-state index < -0.39 is 0 Å². The van der Waals surface area contributed by atoms with Gasteiger partial charge in [-0.3, -0.25) is 0 Å². The van der Waals surface area contributed by atoms with Crippen LogP contribution in [0.15, 0.2) is 36.4 Å². The molecule has 1 atom stereocenters. The first-order valence-electron chi connectivity index (χ1n) is 6.80. The van der Waals surface area contributed by atoms with E-state index in [0.29, 0.717) is 11.6 Å². The summed E-state index contributed by atoms with van der Waals surface area (Å²) < 4.78 is 11.2. The molecule has 0 heterocycles. The summed E-state index contributed by atoms with van der Waals surface area (Å²) in [6.45, 7) is 4.36. The average Bonchev–Trinajstić information content (AvgIpc) is 2.47. The molecule has 0 saturated heterocycles. The van der Waals surface area contributed by atoms with E-state index >= 15 is 0 Å². The molecule has 0 aromatic heterocycles. The maximum atomic E-state index is 6.24. The Labute approximate surface area is 130 Å². The fraction of sp³-hybridized carbons (Fsp3) is 0.294. The number of rotatable bonds is 5. The number of aryl methyl sites for hydroxylation is 2. The van der Waals surface area contributed by atoms with Crippen molar-refractivity contribution in [2.75, 3.05) is 13.7 Å². The molecule has 4 heteroatoms. The van der Waals surface area contributed by atoms with Crippen LogP contribution >= 0.6 is 11.6 Å². The second-order valence-corrected chi connectivity index (χ2v) is 5.51. The van der Waals surface area contributed by atoms with E-state index in [2.05, 4.69) is 0 Å². The number of hydrogen-bond acceptors (Lipinski definition) is 3. The third-order valence-corrected chi connectivity index (χ3v) is 3.59. The first-order chi connectivity index (χ1) is 10.0. The highest BCUT2D eigenvalue weighted by molar-refractivity contribution is 6.30. The van der Waals surface area contributed by atoms with Crippen LogP contribution in [-0.2, 0) is 0 Å². The summed E-state index contributed by atoms with van der Waals surface area (Å²) in [5, 5.41) is 0.650. The molecule has 1 unspecified atom stereocenters. The van der Waals surface area contributed by atoms with Crippen molar-refractivity contribution in [3.63, 3.8) is 0 Å². The van der Waals surface area contributed by atoms with Crippen LogP contribution in [0, 0.1) is 13.8 Å². The molecular weight excluding hydrogens is 286 g/mol. The fourth-order valence-corrected chi connectivity index (χ4v) is 2.30. The second kappa shape index (κ2) is 6.83. The molecule has 21 heavy (non-hydrogen) atoms. The van der Waals surface area contributed by atoms with Crippen LogP contribution in [0.5, 0.6) is 11.5 Å². The van der Waals surface area contributed by atoms with Crippen LogP contribution < -0.4 is 15.2 Å². The topological polar surface area (TPSA) is 44.5 Å². The Morgan fingerprint density at radius 2 is 1.86 bits per heavy atom. The van der Waals surface area contributed by atoms with E-state index in [-0.39, 0.29) is 6.04 Å². The van der Waals surface area contributed by atoms with Crippen molar-refractivity contribution in [2.45, 2.75) is 19.9 Å². The highest BCUT2D eigenvalue weighted by Crippen LogP contribution is 2.27. The van der Waals surface area contributed by atoms with Crippen LogP contribution in [-0.4, -0.2) is 13.7 Å². The molecule has 3 nitrogen and oxygen atoms in total. The molecule has 0 radical (unpaired) electrons. The second-order valence-electron chi connectivity index (χ2n) is 5.07. The predicted octanol–water partition coefficient (Wildman–Crippen LogP) is 4.04. The molecule has 0 amide bonds. The van der Waals surface area contributed by atoms with Crippen LogP contribution in [0.25, 0.3) is 0 Å². The summed E-state index contributed by atoms with van der Waals surface area (Å²) in [4.78, 5) is 0. The maximum Gasteiger partial charge on any atom is 0.123 e. The van der Waals surface area contributed by atoms with E-state index in [1.165, 1.54) is 0 Å². The third kappa shape index (κ3) is 3.90. The van der Waals surface area contributed by atoms with E-state index in [0.717, 1.165) is 28.2 Å². The SMILES string of the molecule is COc1ccc(C)cc1C(N)COc1cc(Cl)ccc1C. The highest BCUT2D eigenvalue weighted by Gasteiger charge is 2.13. The normalized spacial score (nSPS) is 12.0.